The number of carbonyl (C=O) groups is 1. The number of aromatic nitrogens is 2. The largest absolute Gasteiger partial charge is 0.434 e. The molecule has 1 aliphatic heterocycles. The van der Waals surface area contributed by atoms with Crippen LogP contribution in [-0.2, 0) is 11.0 Å². The molecule has 0 radical (unpaired) electrons. The molecule has 136 valence electrons. The van der Waals surface area contributed by atoms with Gasteiger partial charge in [0.05, 0.1) is 24.6 Å². The van der Waals surface area contributed by atoms with Gasteiger partial charge in [-0.1, -0.05) is 13.8 Å². The lowest BCUT2D eigenvalue weighted by atomic mass is 10.0. The monoisotopic (exact) mass is 350 g/mol. The summed E-state index contributed by atoms with van der Waals surface area (Å²) in [5.74, 6) is -0.229. The van der Waals surface area contributed by atoms with Crippen LogP contribution in [0.1, 0.15) is 26.0 Å². The molecule has 1 aromatic heterocycles. The number of anilines is 1. The predicted octanol–water partition coefficient (Wildman–Crippen LogP) is 0.674. The summed E-state index contributed by atoms with van der Waals surface area (Å²) < 4.78 is 35.4. The number of carbonyl (C=O) groups excluding carboxylic acids is 1. The van der Waals surface area contributed by atoms with E-state index in [9.17, 15) is 28.2 Å². The van der Waals surface area contributed by atoms with Crippen LogP contribution in [0.5, 0.6) is 0 Å². The number of rotatable bonds is 1. The van der Waals surface area contributed by atoms with E-state index < -0.39 is 24.1 Å². The summed E-state index contributed by atoms with van der Waals surface area (Å²) in [4.78, 5) is 19.4. The third kappa shape index (κ3) is 5.93. The molecule has 2 rings (SSSR count). The fraction of sp³-hybridized carbons (Fsp3) is 0.643. The summed E-state index contributed by atoms with van der Waals surface area (Å²) in [5.41, 5.74) is 3.91. The molecule has 1 saturated heterocycles. The highest BCUT2D eigenvalue weighted by Crippen LogP contribution is 2.26. The van der Waals surface area contributed by atoms with E-state index in [1.165, 1.54) is 0 Å². The molecule has 1 amide bonds. The number of nitrogen functional groups attached to an aromatic ring is 1. The number of alkyl halides is 3. The van der Waals surface area contributed by atoms with Crippen molar-refractivity contribution < 1.29 is 28.2 Å². The van der Waals surface area contributed by atoms with Crippen LogP contribution in [0.2, 0.25) is 0 Å². The third-order valence-electron chi connectivity index (χ3n) is 3.30. The Morgan fingerprint density at radius 3 is 2.38 bits per heavy atom. The van der Waals surface area contributed by atoms with Crippen LogP contribution in [0.25, 0.3) is 0 Å². The van der Waals surface area contributed by atoms with Gasteiger partial charge in [-0.05, 0) is 6.42 Å². The molecule has 24 heavy (non-hydrogen) atoms. The number of nitrogens with two attached hydrogens (primary N) is 1. The minimum atomic E-state index is -4.47. The predicted molar refractivity (Wildman–Crippen MR) is 79.5 cm³/mol. The van der Waals surface area contributed by atoms with E-state index in [0.29, 0.717) is 19.2 Å². The number of piperidine rings is 1. The molecule has 10 heteroatoms. The van der Waals surface area contributed by atoms with Gasteiger partial charge in [0.2, 0.25) is 5.91 Å². The minimum Gasteiger partial charge on any atom is -0.390 e. The van der Waals surface area contributed by atoms with Gasteiger partial charge in [0.1, 0.15) is 5.82 Å². The fourth-order valence-electron chi connectivity index (χ4n) is 2.00. The lowest BCUT2D eigenvalue weighted by Crippen LogP contribution is -2.50. The van der Waals surface area contributed by atoms with E-state index in [1.54, 1.807) is 4.90 Å². The second-order valence-electron chi connectivity index (χ2n) is 5.69. The number of aliphatic hydroxyl groups excluding tert-OH is 2. The van der Waals surface area contributed by atoms with Crippen molar-refractivity contribution in [1.29, 1.82) is 0 Å². The van der Waals surface area contributed by atoms with Gasteiger partial charge in [-0.2, -0.15) is 13.2 Å². The van der Waals surface area contributed by atoms with E-state index in [1.807, 2.05) is 13.8 Å². The first-order valence-corrected chi connectivity index (χ1v) is 7.32. The maximum atomic E-state index is 11.8. The summed E-state index contributed by atoms with van der Waals surface area (Å²) in [6.45, 7) is 4.48. The quantitative estimate of drug-likeness (QED) is 0.686. The Kier molecular flexibility index (Phi) is 6.91. The lowest BCUT2D eigenvalue weighted by molar-refractivity contribution is -0.141. The van der Waals surface area contributed by atoms with Gasteiger partial charge in [-0.3, -0.25) is 9.78 Å². The summed E-state index contributed by atoms with van der Waals surface area (Å²) >= 11 is 0. The molecule has 2 atom stereocenters. The Morgan fingerprint density at radius 1 is 1.33 bits per heavy atom. The summed E-state index contributed by atoms with van der Waals surface area (Å²) in [6, 6.07) is 0. The Hall–Kier alpha value is -1.94. The van der Waals surface area contributed by atoms with Crippen molar-refractivity contribution in [3.05, 3.63) is 18.1 Å². The molecular weight excluding hydrogens is 329 g/mol. The zero-order valence-electron chi connectivity index (χ0n) is 13.4. The summed E-state index contributed by atoms with van der Waals surface area (Å²) in [5, 5.41) is 18.6. The van der Waals surface area contributed by atoms with Gasteiger partial charge in [0, 0.05) is 19.0 Å². The number of hydrogen-bond acceptors (Lipinski definition) is 6. The Balaban J connectivity index is 0.000000243. The van der Waals surface area contributed by atoms with Gasteiger partial charge < -0.3 is 20.8 Å². The van der Waals surface area contributed by atoms with Crippen molar-refractivity contribution in [2.45, 2.75) is 38.7 Å². The van der Waals surface area contributed by atoms with E-state index in [-0.39, 0.29) is 24.2 Å². The third-order valence-corrected chi connectivity index (χ3v) is 3.30. The highest BCUT2D eigenvalue weighted by Gasteiger charge is 2.33. The second kappa shape index (κ2) is 8.25. The molecule has 4 N–H and O–H groups in total. The van der Waals surface area contributed by atoms with Crippen LogP contribution in [0, 0.1) is 5.92 Å². The molecule has 2 unspecified atom stereocenters. The minimum absolute atomic E-state index is 0.0394. The normalized spacial score (nSPS) is 21.2. The van der Waals surface area contributed by atoms with Crippen LogP contribution in [-0.4, -0.2) is 56.3 Å². The highest BCUT2D eigenvalue weighted by molar-refractivity contribution is 5.78. The van der Waals surface area contributed by atoms with E-state index >= 15 is 0 Å². The van der Waals surface area contributed by atoms with Gasteiger partial charge >= 0.3 is 6.18 Å². The summed E-state index contributed by atoms with van der Waals surface area (Å²) in [6.07, 6.45) is -3.78. The number of β-amino-alcohol motifs (C(OH)–C–C–N with tert-alkyl or cyclic N) is 1. The number of nitrogens with zero attached hydrogens (tertiary/aromatic N) is 3. The number of aliphatic hydroxyl groups is 2. The molecular formula is C14H21F3N4O3. The number of likely N-dealkylation sites (tertiary alicyclic amines) is 1. The number of halogens is 3. The van der Waals surface area contributed by atoms with Gasteiger partial charge in [0.15, 0.2) is 5.69 Å². The number of hydrogen-bond donors (Lipinski definition) is 3. The van der Waals surface area contributed by atoms with E-state index in [4.69, 9.17) is 5.73 Å². The Bertz CT molecular complexity index is 554. The van der Waals surface area contributed by atoms with Crippen molar-refractivity contribution in [2.75, 3.05) is 18.8 Å². The number of amides is 1. The molecule has 0 bridgehead atoms. The smallest absolute Gasteiger partial charge is 0.390 e. The topological polar surface area (TPSA) is 113 Å². The standard InChI is InChI=1S/C9H17NO3.C5H4F3N3/c1-6(2)9(13)10-4-3-7(11)8(12)5-10;6-5(7,8)3-1-10-2-4(9)11-3/h6-8,11-12H,3-5H2,1-2H3;1-2H,(H2,9,11). The first-order chi connectivity index (χ1) is 11.0. The molecule has 0 aromatic carbocycles. The van der Waals surface area contributed by atoms with Crippen molar-refractivity contribution in [3.63, 3.8) is 0 Å². The zero-order chi connectivity index (χ0) is 18.5. The molecule has 0 saturated carbocycles. The molecule has 0 spiro atoms. The molecule has 7 nitrogen and oxygen atoms in total. The van der Waals surface area contributed by atoms with Crippen LogP contribution in [0.15, 0.2) is 12.4 Å². The van der Waals surface area contributed by atoms with Gasteiger partial charge in [-0.25, -0.2) is 4.98 Å². The molecule has 1 aliphatic rings. The molecule has 1 fully saturated rings. The Morgan fingerprint density at radius 2 is 1.96 bits per heavy atom. The van der Waals surface area contributed by atoms with Crippen molar-refractivity contribution in [2.24, 2.45) is 5.92 Å². The maximum absolute atomic E-state index is 11.8. The first kappa shape index (κ1) is 20.1. The molecule has 2 heterocycles. The van der Waals surface area contributed by atoms with Crippen LogP contribution in [0.4, 0.5) is 19.0 Å². The average Bonchev–Trinajstić information content (AvgIpc) is 2.49. The van der Waals surface area contributed by atoms with Crippen molar-refractivity contribution in [1.82, 2.24) is 14.9 Å². The van der Waals surface area contributed by atoms with E-state index in [0.717, 1.165) is 6.20 Å². The second-order valence-corrected chi connectivity index (χ2v) is 5.69. The van der Waals surface area contributed by atoms with E-state index in [2.05, 4.69) is 9.97 Å². The van der Waals surface area contributed by atoms with Crippen LogP contribution in [0.3, 0.4) is 0 Å². The average molecular weight is 350 g/mol. The Labute approximate surface area is 137 Å². The fourth-order valence-corrected chi connectivity index (χ4v) is 2.00. The maximum Gasteiger partial charge on any atom is 0.434 e. The lowest BCUT2D eigenvalue weighted by Gasteiger charge is -2.34. The molecule has 1 aromatic rings. The summed E-state index contributed by atoms with van der Waals surface area (Å²) in [7, 11) is 0. The SMILES string of the molecule is CC(C)C(=O)N1CCC(O)C(O)C1.Nc1cncc(C(F)(F)F)n1. The zero-order valence-corrected chi connectivity index (χ0v) is 13.4. The first-order valence-electron chi connectivity index (χ1n) is 7.32. The van der Waals surface area contributed by atoms with Crippen LogP contribution >= 0.6 is 0 Å². The van der Waals surface area contributed by atoms with Crippen LogP contribution < -0.4 is 5.73 Å². The van der Waals surface area contributed by atoms with Crippen molar-refractivity contribution >= 4 is 11.7 Å². The highest BCUT2D eigenvalue weighted by atomic mass is 19.4. The van der Waals surface area contributed by atoms with Gasteiger partial charge in [-0.15, -0.1) is 0 Å². The molecule has 0 aliphatic carbocycles. The van der Waals surface area contributed by atoms with Crippen molar-refractivity contribution in [3.8, 4) is 0 Å². The van der Waals surface area contributed by atoms with Gasteiger partial charge in [0.25, 0.3) is 0 Å².